The molecule has 768 valence electrons. The van der Waals surface area contributed by atoms with Gasteiger partial charge in [-0.1, -0.05) is 82.8 Å². The first-order chi connectivity index (χ1) is 94.0. The molecule has 24 heteroatoms. The van der Waals surface area contributed by atoms with Gasteiger partial charge in [0.25, 0.3) is 0 Å². The Kier molecular flexibility index (Phi) is 16.9. The van der Waals surface area contributed by atoms with Crippen LogP contribution in [0.5, 0.6) is 69.0 Å². The zero-order valence-electron chi connectivity index (χ0n) is 152. The molecule has 18 rings (SSSR count). The fourth-order valence-electron chi connectivity index (χ4n) is 17.7. The molecule has 22 unspecified atom stereocenters. The minimum absolute atomic E-state index is 0.000599. The Bertz CT molecular complexity index is 8300. The van der Waals surface area contributed by atoms with Gasteiger partial charge >= 0.3 is 0 Å². The third kappa shape index (κ3) is 25.4. The Morgan fingerprint density at radius 1 is 0.319 bits per heavy atom. The van der Waals surface area contributed by atoms with Gasteiger partial charge in [-0.2, -0.15) is 0 Å². The minimum atomic E-state index is -3.91. The van der Waals surface area contributed by atoms with Crippen molar-refractivity contribution in [2.24, 2.45) is 70.8 Å². The molecule has 6 saturated heterocycles. The molecule has 0 saturated carbocycles. The van der Waals surface area contributed by atoms with E-state index in [1.165, 1.54) is 54.7 Å². The molecule has 22 atom stereocenters. The van der Waals surface area contributed by atoms with Crippen molar-refractivity contribution in [2.75, 3.05) is 164 Å². The number of fused-ring (bicyclic) bond motifs is 18. The number of hydrogen-bond donors (Lipinski definition) is 6. The molecule has 138 heavy (non-hydrogen) atoms. The Morgan fingerprint density at radius 2 is 0.536 bits per heavy atom. The zero-order chi connectivity index (χ0) is 163. The van der Waals surface area contributed by atoms with Crippen LogP contribution in [-0.2, 0) is 38.5 Å². The van der Waals surface area contributed by atoms with Gasteiger partial charge in [-0.05, 0) is 325 Å². The molecule has 0 radical (unpaired) electrons. The summed E-state index contributed by atoms with van der Waals surface area (Å²) >= 11 is 0. The van der Waals surface area contributed by atoms with Crippen LogP contribution in [0.2, 0.25) is 0 Å². The van der Waals surface area contributed by atoms with Gasteiger partial charge in [-0.3, -0.25) is 29.4 Å². The van der Waals surface area contributed by atoms with Gasteiger partial charge in [0.05, 0.1) is 164 Å². The second-order valence-electron chi connectivity index (χ2n) is 34.5. The summed E-state index contributed by atoms with van der Waals surface area (Å²) in [5.41, 5.74) is -1.31. The highest BCUT2D eigenvalue weighted by molar-refractivity contribution is 5.55. The topological polar surface area (TPSA) is 252 Å². The molecule has 0 aliphatic carbocycles. The van der Waals surface area contributed by atoms with Crippen LogP contribution >= 0.6 is 0 Å². The van der Waals surface area contributed by atoms with E-state index in [9.17, 15) is 37.5 Å². The van der Waals surface area contributed by atoms with Crippen LogP contribution in [0.25, 0.3) is 0 Å². The molecule has 6 N–H and O–H groups in total. The van der Waals surface area contributed by atoms with E-state index in [1.807, 2.05) is 13.8 Å². The second kappa shape index (κ2) is 49.1. The van der Waals surface area contributed by atoms with E-state index in [2.05, 4.69) is 0 Å². The van der Waals surface area contributed by atoms with E-state index in [-0.39, 0.29) is 193 Å². The van der Waals surface area contributed by atoms with Crippen LogP contribution in [-0.4, -0.2) is 260 Å². The SMILES string of the molecule is [2H]c1c2c(c([2H])c(OC([2H])([2H])[2H])c1OC)C1([2H])N(CC2)CC([2H])(C([2H])([2H])C([2H])(C)C([2H])([2H])[2H])C([2H])(O)C1([2H])[2H].[2H]c1c2c(c([2H])c(OC([2H])([2H])[2H])c1OC)C1([2H])N(CC2)CC([2H])(C([2H])([2H])C([2H])(C)C([2H])([2H])[2H])C([2H])(O)C1([2H])[2H].[2H]c1c2c(c([2H])c(OC([2H])([2H])[2H])c1OC)C1([2H])N(CC2)CC([2H])(CC(C)C)C([2H])(O)C1([2H])[2H].[2H]c1c2c(c([2H])c(OC)c1OC)C1([2H])N(CC2)CC([2H])(C([2H])([2H])C([2H])(C)C([2H])([2H])[2H])C([2H])(O)C1([2H])[2H].[2H]c1c2c(c([2H])c(OC)c1OC)C1([2H])N(CC2)CC([2H])(C([2H])([2H])C([2H])(C)C([2H])([2H])[2H])C([2H])(O)C1([2H])[2H].[2H]c1c2c(c([2H])c(OC)c1OC)C1CC(O)C(CC(C)C)C([2H])([2H])N1CC2. The van der Waals surface area contributed by atoms with E-state index in [1.54, 1.807) is 18.7 Å². The summed E-state index contributed by atoms with van der Waals surface area (Å²) < 4.78 is 663. The van der Waals surface area contributed by atoms with Crippen LogP contribution in [0.4, 0.5) is 0 Å². The van der Waals surface area contributed by atoms with Gasteiger partial charge < -0.3 is 87.5 Å². The third-order valence-corrected chi connectivity index (χ3v) is 23.9. The van der Waals surface area contributed by atoms with Gasteiger partial charge in [-0.15, -0.1) is 0 Å². The number of nitrogens with zero attached hydrogens (tertiary/aromatic N) is 6. The van der Waals surface area contributed by atoms with Crippen LogP contribution in [0.3, 0.4) is 0 Å². The first kappa shape index (κ1) is 47.5. The lowest BCUT2D eigenvalue weighted by atomic mass is 9.79. The van der Waals surface area contributed by atoms with Crippen LogP contribution < -0.4 is 56.8 Å². The molecule has 0 aromatic heterocycles. The summed E-state index contributed by atoms with van der Waals surface area (Å²) in [5, 5.41) is 67.1. The smallest absolute Gasteiger partial charge is 0.161 e. The molecule has 6 aromatic carbocycles. The first-order valence-electron chi connectivity index (χ1n) is 80.7. The Hall–Kier alpha value is -7.56. The Morgan fingerprint density at radius 3 is 0.775 bits per heavy atom. The van der Waals surface area contributed by atoms with Crippen molar-refractivity contribution in [2.45, 2.75) is 271 Å². The number of aliphatic hydroxyl groups is 6. The van der Waals surface area contributed by atoms with Gasteiger partial charge in [0.2, 0.25) is 0 Å². The van der Waals surface area contributed by atoms with E-state index in [4.69, 9.17) is 149 Å². The van der Waals surface area contributed by atoms with Crippen molar-refractivity contribution in [3.05, 3.63) is 139 Å². The highest BCUT2D eigenvalue weighted by Gasteiger charge is 2.47. The number of methoxy groups -OCH3 is 12. The quantitative estimate of drug-likeness (QED) is 0.0329. The first-order valence-corrected chi connectivity index (χ1v) is 44.7. The highest BCUT2D eigenvalue weighted by atomic mass is 16.5. The predicted octanol–water partition coefficient (Wildman–Crippen LogP) is 18.2. The fraction of sp³-hybridized carbons (Fsp3) is 0.684. The molecule has 24 nitrogen and oxygen atoms in total. The fourth-order valence-corrected chi connectivity index (χ4v) is 17.7. The van der Waals surface area contributed by atoms with Gasteiger partial charge in [-0.25, -0.2) is 0 Å². The Labute approximate surface area is 928 Å². The standard InChI is InChI=1S/6C19H29NO3/c6*1-12(2)7-14-11-20-6-5-13-8-18(22-3)19(23-4)9-15(13)16(20)10-17(14)21/h6*8-9,12,14,16-17,21H,5-7,10-11H2,1-4H3/i2*1D3,4D3,7D2,8D,9D,10D2,12D,14D,16D,17D;2*1D3,7D2,8D,9D,10D2,12D,14D,16D,17D;4D3,8D,9D,10D2,14D,16D,17D;8D,9D,11D2. The van der Waals surface area contributed by atoms with Gasteiger partial charge in [0, 0.05) is 171 Å². The maximum absolute atomic E-state index is 11.3. The molecule has 12 aliphatic rings. The van der Waals surface area contributed by atoms with Crippen molar-refractivity contribution >= 4 is 0 Å². The summed E-state index contributed by atoms with van der Waals surface area (Å²) in [7, 11) is 1.77. The highest BCUT2D eigenvalue weighted by Crippen LogP contribution is 2.52. The van der Waals surface area contributed by atoms with Crippen molar-refractivity contribution in [3.8, 4) is 69.0 Å². The van der Waals surface area contributed by atoms with Crippen molar-refractivity contribution < 1.29 is 186 Å². The number of piperidine rings is 6. The lowest BCUT2D eigenvalue weighted by Gasteiger charge is -2.46. The summed E-state index contributed by atoms with van der Waals surface area (Å²) in [5.74, 6) is -31.8. The molecule has 12 aliphatic heterocycles. The molecule has 12 heterocycles. The maximum Gasteiger partial charge on any atom is 0.161 e. The average molecular weight is 1990 g/mol. The zero-order valence-corrected chi connectivity index (χ0v) is 80.3. The largest absolute Gasteiger partial charge is 0.493 e. The summed E-state index contributed by atoms with van der Waals surface area (Å²) in [6, 6.07) is -19.7. The Balaban J connectivity index is 0.000000202. The monoisotopic (exact) mass is 1990 g/mol. The van der Waals surface area contributed by atoms with Crippen molar-refractivity contribution in [1.82, 2.24) is 29.4 Å². The van der Waals surface area contributed by atoms with Gasteiger partial charge in [0.15, 0.2) is 69.0 Å². The van der Waals surface area contributed by atoms with Gasteiger partial charge in [0.1, 0.15) is 0 Å². The third-order valence-electron chi connectivity index (χ3n) is 23.9. The lowest BCUT2D eigenvalue weighted by Crippen LogP contribution is -2.48. The molecule has 6 aromatic rings. The second-order valence-corrected chi connectivity index (χ2v) is 34.5. The molecule has 0 amide bonds. The molecule has 6 fully saturated rings. The lowest BCUT2D eigenvalue weighted by molar-refractivity contribution is -0.0192. The summed E-state index contributed by atoms with van der Waals surface area (Å²) in [4.78, 5) is 6.67. The number of benzene rings is 6. The average Bonchev–Trinajstić information content (AvgIpc) is 0.659. The summed E-state index contributed by atoms with van der Waals surface area (Å²) in [6.45, 7) is -10.0. The molecule has 0 spiro atoms. The van der Waals surface area contributed by atoms with E-state index >= 15 is 0 Å². The van der Waals surface area contributed by atoms with E-state index < -0.39 is 363 Å². The maximum atomic E-state index is 11.3. The number of ether oxygens (including phenoxy) is 12. The molecule has 0 bridgehead atoms. The number of aliphatic hydroxyl groups excluding tert-OH is 1. The minimum Gasteiger partial charge on any atom is -0.493 e. The molecular weight excluding hydrogens is 1740 g/mol. The van der Waals surface area contributed by atoms with Crippen LogP contribution in [0.1, 0.15) is 361 Å². The normalized spacial score (nSPS) is 48.0. The summed E-state index contributed by atoms with van der Waals surface area (Å²) in [6.07, 6.45) is -49.9. The number of rotatable bonds is 24. The van der Waals surface area contributed by atoms with Crippen molar-refractivity contribution in [1.29, 1.82) is 0 Å². The van der Waals surface area contributed by atoms with E-state index in [0.29, 0.717) is 64.6 Å². The molecular formula is C114H174N6O18. The van der Waals surface area contributed by atoms with Crippen LogP contribution in [0.15, 0.2) is 72.5 Å². The van der Waals surface area contributed by atoms with Crippen molar-refractivity contribution in [3.63, 3.8) is 0 Å². The van der Waals surface area contributed by atoms with Crippen LogP contribution in [0, 0.1) is 70.8 Å². The number of hydrogen-bond acceptors (Lipinski definition) is 24. The van der Waals surface area contributed by atoms with E-state index in [0.717, 1.165) is 33.8 Å². The predicted molar refractivity (Wildman–Crippen MR) is 547 cm³/mol.